The molecule has 0 amide bonds. The molecule has 7 heteroatoms. The largest absolute Gasteiger partial charge is 1.00 e. The maximum absolute atomic E-state index is 10.2. The Hall–Kier alpha value is -0.470. The van der Waals surface area contributed by atoms with Gasteiger partial charge >= 0.3 is 35.5 Å². The number of benzene rings is 1. The van der Waals surface area contributed by atoms with Crippen LogP contribution < -0.4 is 29.6 Å². The smallest absolute Gasteiger partial charge is 0.547 e. The van der Waals surface area contributed by atoms with E-state index in [0.717, 1.165) is 0 Å². The third-order valence-corrected chi connectivity index (χ3v) is 2.14. The van der Waals surface area contributed by atoms with Gasteiger partial charge in [0.2, 0.25) is 0 Å². The first kappa shape index (κ1) is 21.8. The van der Waals surface area contributed by atoms with Crippen molar-refractivity contribution in [2.24, 2.45) is 0 Å². The SMILES string of the molecule is CO[CH-]C(OC)(OC)OC.O=C(O)c1ccccc1.[Na+]. The van der Waals surface area contributed by atoms with Crippen molar-refractivity contribution < 1.29 is 58.4 Å². The van der Waals surface area contributed by atoms with E-state index >= 15 is 0 Å². The van der Waals surface area contributed by atoms with Crippen molar-refractivity contribution in [2.75, 3.05) is 28.4 Å². The molecule has 108 valence electrons. The van der Waals surface area contributed by atoms with Crippen molar-refractivity contribution in [1.29, 1.82) is 0 Å². The summed E-state index contributed by atoms with van der Waals surface area (Å²) in [6, 6.07) is 8.30. The van der Waals surface area contributed by atoms with Gasteiger partial charge in [-0.3, -0.25) is 0 Å². The van der Waals surface area contributed by atoms with Gasteiger partial charge in [-0.1, -0.05) is 18.2 Å². The molecule has 1 rings (SSSR count). The first-order chi connectivity index (χ1) is 9.05. The Bertz CT molecular complexity index is 345. The van der Waals surface area contributed by atoms with E-state index < -0.39 is 11.9 Å². The summed E-state index contributed by atoms with van der Waals surface area (Å²) in [5, 5.41) is 8.38. The predicted molar refractivity (Wildman–Crippen MR) is 68.5 cm³/mol. The molecular weight excluding hydrogens is 275 g/mol. The molecule has 0 radical (unpaired) electrons. The summed E-state index contributed by atoms with van der Waals surface area (Å²) in [6.45, 7) is 1.31. The van der Waals surface area contributed by atoms with Crippen LogP contribution in [0.4, 0.5) is 0 Å². The molecule has 0 unspecified atom stereocenters. The Labute approximate surface area is 141 Å². The van der Waals surface area contributed by atoms with Crippen LogP contribution in [0.5, 0.6) is 0 Å². The van der Waals surface area contributed by atoms with Gasteiger partial charge in [-0.2, -0.15) is 0 Å². The van der Waals surface area contributed by atoms with Gasteiger partial charge in [0.1, 0.15) is 0 Å². The summed E-state index contributed by atoms with van der Waals surface area (Å²) in [5.74, 6) is -2.05. The summed E-state index contributed by atoms with van der Waals surface area (Å²) in [7, 11) is 5.87. The number of hydrogen-bond donors (Lipinski definition) is 1. The van der Waals surface area contributed by atoms with Crippen LogP contribution in [0.25, 0.3) is 0 Å². The first-order valence-electron chi connectivity index (χ1n) is 5.36. The number of carboxylic acid groups (broad SMARTS) is 1. The zero-order valence-corrected chi connectivity index (χ0v) is 14.5. The van der Waals surface area contributed by atoms with Crippen LogP contribution in [-0.2, 0) is 18.9 Å². The Kier molecular flexibility index (Phi) is 13.4. The second-order valence-corrected chi connectivity index (χ2v) is 3.24. The maximum atomic E-state index is 10.2. The van der Waals surface area contributed by atoms with E-state index in [1.165, 1.54) is 35.0 Å². The monoisotopic (exact) mass is 294 g/mol. The normalized spacial score (nSPS) is 10.0. The molecule has 0 aliphatic heterocycles. The van der Waals surface area contributed by atoms with Crippen molar-refractivity contribution in [3.05, 3.63) is 42.5 Å². The summed E-state index contributed by atoms with van der Waals surface area (Å²) >= 11 is 0. The van der Waals surface area contributed by atoms with Gasteiger partial charge < -0.3 is 24.1 Å². The molecule has 0 aromatic heterocycles. The number of methoxy groups -OCH3 is 4. The summed E-state index contributed by atoms with van der Waals surface area (Å²) < 4.78 is 19.2. The second-order valence-electron chi connectivity index (χ2n) is 3.24. The average molecular weight is 294 g/mol. The van der Waals surface area contributed by atoms with Gasteiger partial charge in [0.05, 0.1) is 5.56 Å². The van der Waals surface area contributed by atoms with Crippen molar-refractivity contribution in [1.82, 2.24) is 0 Å². The number of ether oxygens (including phenoxy) is 4. The van der Waals surface area contributed by atoms with Crippen LogP contribution in [0, 0.1) is 6.61 Å². The zero-order valence-electron chi connectivity index (χ0n) is 12.5. The molecule has 1 aromatic carbocycles. The number of carbonyl (C=O) groups is 1. The van der Waals surface area contributed by atoms with E-state index in [-0.39, 0.29) is 29.6 Å². The summed E-state index contributed by atoms with van der Waals surface area (Å²) in [4.78, 5) is 10.2. The molecule has 1 aromatic rings. The Morgan fingerprint density at radius 3 is 1.70 bits per heavy atom. The molecule has 0 spiro atoms. The van der Waals surface area contributed by atoms with E-state index in [4.69, 9.17) is 19.3 Å². The average Bonchev–Trinajstić information content (AvgIpc) is 2.46. The Morgan fingerprint density at radius 2 is 1.50 bits per heavy atom. The molecule has 20 heavy (non-hydrogen) atoms. The minimum atomic E-state index is -1.17. The van der Waals surface area contributed by atoms with E-state index in [2.05, 4.69) is 4.74 Å². The molecule has 0 aliphatic carbocycles. The first-order valence-corrected chi connectivity index (χ1v) is 5.36. The van der Waals surface area contributed by atoms with Gasteiger partial charge in [0.25, 0.3) is 0 Å². The van der Waals surface area contributed by atoms with Gasteiger partial charge in [-0.05, 0) is 19.2 Å². The van der Waals surface area contributed by atoms with Crippen LogP contribution >= 0.6 is 0 Å². The summed E-state index contributed by atoms with van der Waals surface area (Å²) in [6.07, 6.45) is 0. The molecular formula is C13H19NaO6. The number of carboxylic acids is 1. The Balaban J connectivity index is 0. The molecule has 0 saturated carbocycles. The molecule has 1 N–H and O–H groups in total. The number of hydrogen-bond acceptors (Lipinski definition) is 5. The van der Waals surface area contributed by atoms with E-state index in [0.29, 0.717) is 5.56 Å². The molecule has 0 atom stereocenters. The van der Waals surface area contributed by atoms with E-state index in [1.54, 1.807) is 30.3 Å². The minimum Gasteiger partial charge on any atom is -0.547 e. The van der Waals surface area contributed by atoms with Gasteiger partial charge in [-0.25, -0.2) is 4.79 Å². The number of rotatable bonds is 6. The minimum absolute atomic E-state index is 0. The van der Waals surface area contributed by atoms with Gasteiger partial charge in [-0.15, -0.1) is 6.61 Å². The third kappa shape index (κ3) is 7.96. The van der Waals surface area contributed by atoms with E-state index in [1.807, 2.05) is 0 Å². The van der Waals surface area contributed by atoms with Crippen LogP contribution in [-0.4, -0.2) is 45.5 Å². The molecule has 0 heterocycles. The number of aromatic carboxylic acids is 1. The second kappa shape index (κ2) is 12.3. The molecule has 0 aliphatic rings. The topological polar surface area (TPSA) is 74.2 Å². The van der Waals surface area contributed by atoms with Crippen LogP contribution in [0.2, 0.25) is 0 Å². The molecule has 0 fully saturated rings. The van der Waals surface area contributed by atoms with Crippen molar-refractivity contribution >= 4 is 5.97 Å². The maximum Gasteiger partial charge on any atom is 1.00 e. The predicted octanol–water partition coefficient (Wildman–Crippen LogP) is -1.22. The van der Waals surface area contributed by atoms with E-state index in [9.17, 15) is 4.79 Å². The Morgan fingerprint density at radius 1 is 1.05 bits per heavy atom. The van der Waals surface area contributed by atoms with Crippen molar-refractivity contribution in [3.8, 4) is 0 Å². The van der Waals surface area contributed by atoms with Crippen molar-refractivity contribution in [3.63, 3.8) is 0 Å². The fourth-order valence-electron chi connectivity index (χ4n) is 1.12. The third-order valence-electron chi connectivity index (χ3n) is 2.14. The van der Waals surface area contributed by atoms with Crippen molar-refractivity contribution in [2.45, 2.75) is 5.97 Å². The molecule has 0 bridgehead atoms. The standard InChI is InChI=1S/C7H6O2.C6H13O4.Na/c8-7(9)6-4-2-1-3-5-6;1-7-5-6(8-2,9-3)10-4;/h1-5H,(H,8,9);5H,1-4H3;/q;-1;+1. The summed E-state index contributed by atoms with van der Waals surface area (Å²) in [5.41, 5.74) is 0.331. The fourth-order valence-corrected chi connectivity index (χ4v) is 1.12. The quantitative estimate of drug-likeness (QED) is 0.403. The van der Waals surface area contributed by atoms with Gasteiger partial charge in [0, 0.05) is 21.3 Å². The molecule has 0 saturated heterocycles. The van der Waals surface area contributed by atoms with Gasteiger partial charge in [0.15, 0.2) is 5.97 Å². The fraction of sp³-hybridized carbons (Fsp3) is 0.385. The van der Waals surface area contributed by atoms with Crippen LogP contribution in [0.15, 0.2) is 30.3 Å². The molecule has 6 nitrogen and oxygen atoms in total. The van der Waals surface area contributed by atoms with Crippen LogP contribution in [0.1, 0.15) is 10.4 Å². The zero-order chi connectivity index (χ0) is 14.7. The van der Waals surface area contributed by atoms with Crippen LogP contribution in [0.3, 0.4) is 0 Å².